The summed E-state index contributed by atoms with van der Waals surface area (Å²) in [5, 5.41) is 0. The van der Waals surface area contributed by atoms with Crippen LogP contribution in [0.5, 0.6) is 11.5 Å². The average Bonchev–Trinajstić information content (AvgIpc) is 2.53. The molecule has 1 unspecified atom stereocenters. The molecule has 0 radical (unpaired) electrons. The van der Waals surface area contributed by atoms with Gasteiger partial charge in [0.15, 0.2) is 0 Å². The first-order chi connectivity index (χ1) is 10.2. The van der Waals surface area contributed by atoms with Crippen LogP contribution in [-0.2, 0) is 0 Å². The fourth-order valence-electron chi connectivity index (χ4n) is 2.03. The lowest BCUT2D eigenvalue weighted by Crippen LogP contribution is -2.18. The molecule has 0 bridgehead atoms. The van der Waals surface area contributed by atoms with Crippen molar-refractivity contribution in [1.82, 2.24) is 0 Å². The molecule has 0 saturated heterocycles. The molecule has 0 aromatic heterocycles. The summed E-state index contributed by atoms with van der Waals surface area (Å²) < 4.78 is 11.5. The van der Waals surface area contributed by atoms with Crippen LogP contribution in [0.15, 0.2) is 48.5 Å². The maximum absolute atomic E-state index is 5.97. The summed E-state index contributed by atoms with van der Waals surface area (Å²) in [5.41, 5.74) is 8.16. The molecule has 0 amide bonds. The largest absolute Gasteiger partial charge is 0.494 e. The van der Waals surface area contributed by atoms with E-state index in [0.717, 1.165) is 30.1 Å². The molecule has 21 heavy (non-hydrogen) atoms. The van der Waals surface area contributed by atoms with Crippen molar-refractivity contribution >= 4 is 0 Å². The fraction of sp³-hybridized carbons (Fsp3) is 0.333. The highest BCUT2D eigenvalue weighted by molar-refractivity contribution is 5.32. The summed E-state index contributed by atoms with van der Waals surface area (Å²) >= 11 is 0. The van der Waals surface area contributed by atoms with Crippen LogP contribution in [0.1, 0.15) is 30.6 Å². The van der Waals surface area contributed by atoms with Crippen molar-refractivity contribution in [1.29, 1.82) is 0 Å². The van der Waals surface area contributed by atoms with E-state index in [1.165, 1.54) is 5.56 Å². The van der Waals surface area contributed by atoms with Crippen LogP contribution in [0.2, 0.25) is 0 Å². The van der Waals surface area contributed by atoms with Crippen molar-refractivity contribution in [3.8, 4) is 11.5 Å². The Morgan fingerprint density at radius 1 is 0.952 bits per heavy atom. The number of hydrogen-bond donors (Lipinski definition) is 1. The third-order valence-electron chi connectivity index (χ3n) is 3.24. The first-order valence-corrected chi connectivity index (χ1v) is 7.39. The van der Waals surface area contributed by atoms with Crippen molar-refractivity contribution in [2.75, 3.05) is 13.2 Å². The van der Waals surface area contributed by atoms with Gasteiger partial charge in [0.1, 0.15) is 17.6 Å². The molecule has 2 N–H and O–H groups in total. The standard InChI is InChI=1S/C18H23NO2/c1-3-12-20-16-8-10-17(11-9-16)21-18(13-19)15-6-4-14(2)5-7-15/h4-11,18H,3,12-13,19H2,1-2H3. The van der Waals surface area contributed by atoms with E-state index in [-0.39, 0.29) is 6.10 Å². The summed E-state index contributed by atoms with van der Waals surface area (Å²) in [6, 6.07) is 16.0. The zero-order valence-corrected chi connectivity index (χ0v) is 12.7. The Labute approximate surface area is 126 Å². The number of nitrogens with two attached hydrogens (primary N) is 1. The van der Waals surface area contributed by atoms with Gasteiger partial charge in [-0.25, -0.2) is 0 Å². The Kier molecular flexibility index (Phi) is 5.64. The molecule has 0 aliphatic carbocycles. The third-order valence-corrected chi connectivity index (χ3v) is 3.24. The minimum atomic E-state index is -0.131. The van der Waals surface area contributed by atoms with Crippen molar-refractivity contribution in [2.45, 2.75) is 26.4 Å². The molecule has 2 aromatic rings. The number of rotatable bonds is 7. The molecule has 1 atom stereocenters. The number of aryl methyl sites for hydroxylation is 1. The Bertz CT molecular complexity index is 534. The van der Waals surface area contributed by atoms with Crippen LogP contribution in [-0.4, -0.2) is 13.2 Å². The smallest absolute Gasteiger partial charge is 0.136 e. The lowest BCUT2D eigenvalue weighted by Gasteiger charge is -2.18. The molecule has 0 heterocycles. The van der Waals surface area contributed by atoms with Crippen LogP contribution in [0, 0.1) is 6.92 Å². The maximum atomic E-state index is 5.97. The lowest BCUT2D eigenvalue weighted by atomic mass is 10.1. The molecule has 112 valence electrons. The van der Waals surface area contributed by atoms with Gasteiger partial charge in [0, 0.05) is 6.54 Å². The molecule has 2 rings (SSSR count). The van der Waals surface area contributed by atoms with Crippen molar-refractivity contribution in [3.05, 3.63) is 59.7 Å². The third kappa shape index (κ3) is 4.50. The summed E-state index contributed by atoms with van der Waals surface area (Å²) in [7, 11) is 0. The van der Waals surface area contributed by atoms with E-state index in [4.69, 9.17) is 15.2 Å². The summed E-state index contributed by atoms with van der Waals surface area (Å²) in [4.78, 5) is 0. The van der Waals surface area contributed by atoms with Gasteiger partial charge in [0.25, 0.3) is 0 Å². The van der Waals surface area contributed by atoms with Gasteiger partial charge in [0.05, 0.1) is 6.61 Å². The van der Waals surface area contributed by atoms with E-state index >= 15 is 0 Å². The first-order valence-electron chi connectivity index (χ1n) is 7.39. The minimum absolute atomic E-state index is 0.131. The number of benzene rings is 2. The Balaban J connectivity index is 2.02. The zero-order valence-electron chi connectivity index (χ0n) is 12.7. The van der Waals surface area contributed by atoms with Gasteiger partial charge in [-0.1, -0.05) is 36.8 Å². The molecule has 0 aliphatic heterocycles. The van der Waals surface area contributed by atoms with Crippen molar-refractivity contribution < 1.29 is 9.47 Å². The highest BCUT2D eigenvalue weighted by Crippen LogP contribution is 2.24. The monoisotopic (exact) mass is 285 g/mol. The van der Waals surface area contributed by atoms with Gasteiger partial charge in [-0.2, -0.15) is 0 Å². The van der Waals surface area contributed by atoms with E-state index in [2.05, 4.69) is 38.1 Å². The van der Waals surface area contributed by atoms with Crippen molar-refractivity contribution in [3.63, 3.8) is 0 Å². The molecular formula is C18H23NO2. The molecule has 0 fully saturated rings. The van der Waals surface area contributed by atoms with Gasteiger partial charge < -0.3 is 15.2 Å². The average molecular weight is 285 g/mol. The second-order valence-electron chi connectivity index (χ2n) is 5.07. The second kappa shape index (κ2) is 7.70. The minimum Gasteiger partial charge on any atom is -0.494 e. The van der Waals surface area contributed by atoms with Crippen LogP contribution >= 0.6 is 0 Å². The lowest BCUT2D eigenvalue weighted by molar-refractivity contribution is 0.214. The highest BCUT2D eigenvalue weighted by Gasteiger charge is 2.11. The highest BCUT2D eigenvalue weighted by atomic mass is 16.5. The van der Waals surface area contributed by atoms with Gasteiger partial charge in [-0.05, 0) is 43.2 Å². The van der Waals surface area contributed by atoms with Crippen LogP contribution in [0.3, 0.4) is 0 Å². The maximum Gasteiger partial charge on any atom is 0.136 e. The molecule has 0 aliphatic rings. The van der Waals surface area contributed by atoms with E-state index in [0.29, 0.717) is 6.54 Å². The molecule has 3 heteroatoms. The normalized spacial score (nSPS) is 12.0. The second-order valence-corrected chi connectivity index (χ2v) is 5.07. The topological polar surface area (TPSA) is 44.5 Å². The molecule has 3 nitrogen and oxygen atoms in total. The van der Waals surface area contributed by atoms with Crippen LogP contribution in [0.25, 0.3) is 0 Å². The predicted molar refractivity (Wildman–Crippen MR) is 85.8 cm³/mol. The van der Waals surface area contributed by atoms with Gasteiger partial charge in [-0.3, -0.25) is 0 Å². The molecular weight excluding hydrogens is 262 g/mol. The van der Waals surface area contributed by atoms with Gasteiger partial charge >= 0.3 is 0 Å². The predicted octanol–water partition coefficient (Wildman–Crippen LogP) is 3.86. The van der Waals surface area contributed by atoms with Crippen molar-refractivity contribution in [2.24, 2.45) is 5.73 Å². The van der Waals surface area contributed by atoms with Gasteiger partial charge in [-0.15, -0.1) is 0 Å². The summed E-state index contributed by atoms with van der Waals surface area (Å²) in [5.74, 6) is 1.67. The van der Waals surface area contributed by atoms with Crippen LogP contribution in [0.4, 0.5) is 0 Å². The molecule has 0 spiro atoms. The van der Waals surface area contributed by atoms with E-state index in [9.17, 15) is 0 Å². The Morgan fingerprint density at radius 2 is 1.57 bits per heavy atom. The molecule has 2 aromatic carbocycles. The van der Waals surface area contributed by atoms with Crippen LogP contribution < -0.4 is 15.2 Å². The Morgan fingerprint density at radius 3 is 2.14 bits per heavy atom. The number of ether oxygens (including phenoxy) is 2. The summed E-state index contributed by atoms with van der Waals surface area (Å²) in [6.07, 6.45) is 0.869. The van der Waals surface area contributed by atoms with E-state index < -0.39 is 0 Å². The van der Waals surface area contributed by atoms with Gasteiger partial charge in [0.2, 0.25) is 0 Å². The number of hydrogen-bond acceptors (Lipinski definition) is 3. The summed E-state index contributed by atoms with van der Waals surface area (Å²) in [6.45, 7) is 5.33. The SMILES string of the molecule is CCCOc1ccc(OC(CN)c2ccc(C)cc2)cc1. The first kappa shape index (κ1) is 15.4. The van der Waals surface area contributed by atoms with E-state index in [1.807, 2.05) is 24.3 Å². The Hall–Kier alpha value is -2.00. The quantitative estimate of drug-likeness (QED) is 0.840. The molecule has 0 saturated carbocycles. The van der Waals surface area contributed by atoms with E-state index in [1.54, 1.807) is 0 Å². The zero-order chi connectivity index (χ0) is 15.1. The fourth-order valence-corrected chi connectivity index (χ4v) is 2.03.